The first kappa shape index (κ1) is 13.5. The Bertz CT molecular complexity index is 346. The lowest BCUT2D eigenvalue weighted by atomic mass is 10.1. The second-order valence-electron chi connectivity index (χ2n) is 3.91. The first-order chi connectivity index (χ1) is 8.22. The molecule has 1 heterocycles. The van der Waals surface area contributed by atoms with Crippen molar-refractivity contribution in [3.8, 4) is 11.6 Å². The predicted molar refractivity (Wildman–Crippen MR) is 66.0 cm³/mol. The fraction of sp³-hybridized carbons (Fsp3) is 0.636. The van der Waals surface area contributed by atoms with Crippen molar-refractivity contribution < 1.29 is 9.47 Å². The maximum absolute atomic E-state index is 5.61. The Morgan fingerprint density at radius 2 is 2.24 bits per heavy atom. The normalized spacial score (nSPS) is 12.0. The number of nitrogens with one attached hydrogen (secondary N) is 1. The monoisotopic (exact) mass is 240 g/mol. The lowest BCUT2D eigenvalue weighted by molar-refractivity contribution is 0.231. The summed E-state index contributed by atoms with van der Waals surface area (Å²) in [5, 5.41) is 0. The van der Waals surface area contributed by atoms with Crippen LogP contribution >= 0.6 is 0 Å². The minimum Gasteiger partial charge on any atom is -0.489 e. The third-order valence-corrected chi connectivity index (χ3v) is 2.40. The number of hydrazine groups is 1. The summed E-state index contributed by atoms with van der Waals surface area (Å²) in [7, 11) is 1.53. The third kappa shape index (κ3) is 3.74. The molecule has 3 N–H and O–H groups in total. The molecule has 1 rings (SSSR count). The number of nitrogens with two attached hydrogens (primary N) is 1. The molecule has 0 aliphatic heterocycles. The quantitative estimate of drug-likeness (QED) is 0.556. The van der Waals surface area contributed by atoms with Crippen molar-refractivity contribution in [2.45, 2.75) is 26.7 Å². The highest BCUT2D eigenvalue weighted by atomic mass is 16.5. The van der Waals surface area contributed by atoms with E-state index in [1.54, 1.807) is 0 Å². The Kier molecular flexibility index (Phi) is 5.48. The van der Waals surface area contributed by atoms with E-state index in [0.717, 1.165) is 12.8 Å². The molecule has 0 radical (unpaired) electrons. The van der Waals surface area contributed by atoms with Gasteiger partial charge in [0.1, 0.15) is 6.33 Å². The van der Waals surface area contributed by atoms with Crippen LogP contribution in [-0.4, -0.2) is 23.7 Å². The van der Waals surface area contributed by atoms with Crippen LogP contribution in [0.1, 0.15) is 26.7 Å². The Labute approximate surface area is 102 Å². The zero-order valence-electron chi connectivity index (χ0n) is 10.6. The Morgan fingerprint density at radius 1 is 1.47 bits per heavy atom. The molecule has 1 atom stereocenters. The van der Waals surface area contributed by atoms with Gasteiger partial charge in [0.15, 0.2) is 5.82 Å². The summed E-state index contributed by atoms with van der Waals surface area (Å²) in [6.45, 7) is 4.89. The lowest BCUT2D eigenvalue weighted by Crippen LogP contribution is -2.13. The molecule has 0 spiro atoms. The number of nitrogen functional groups attached to an aromatic ring is 1. The summed E-state index contributed by atoms with van der Waals surface area (Å²) in [5.74, 6) is 7.07. The number of aromatic nitrogens is 2. The van der Waals surface area contributed by atoms with Gasteiger partial charge in [-0.25, -0.2) is 10.8 Å². The second kappa shape index (κ2) is 6.90. The van der Waals surface area contributed by atoms with Crippen LogP contribution in [0.2, 0.25) is 0 Å². The van der Waals surface area contributed by atoms with E-state index in [4.69, 9.17) is 15.3 Å². The van der Waals surface area contributed by atoms with Crippen LogP contribution in [0.4, 0.5) is 5.82 Å². The molecule has 0 aliphatic carbocycles. The van der Waals surface area contributed by atoms with Crippen LogP contribution in [0, 0.1) is 5.92 Å². The van der Waals surface area contributed by atoms with Gasteiger partial charge >= 0.3 is 0 Å². The number of rotatable bonds is 7. The first-order valence-electron chi connectivity index (χ1n) is 5.71. The number of anilines is 1. The molecule has 0 saturated carbocycles. The van der Waals surface area contributed by atoms with Gasteiger partial charge in [0.2, 0.25) is 5.75 Å². The topological polar surface area (TPSA) is 82.3 Å². The molecule has 1 aromatic rings. The van der Waals surface area contributed by atoms with E-state index in [0.29, 0.717) is 30.0 Å². The molecule has 96 valence electrons. The zero-order chi connectivity index (χ0) is 12.7. The van der Waals surface area contributed by atoms with E-state index >= 15 is 0 Å². The Hall–Kier alpha value is -1.56. The van der Waals surface area contributed by atoms with Crippen LogP contribution in [0.15, 0.2) is 6.33 Å². The van der Waals surface area contributed by atoms with E-state index in [1.807, 2.05) is 0 Å². The summed E-state index contributed by atoms with van der Waals surface area (Å²) in [6.07, 6.45) is 3.65. The van der Waals surface area contributed by atoms with Crippen molar-refractivity contribution >= 4 is 5.82 Å². The molecule has 1 aromatic heterocycles. The lowest BCUT2D eigenvalue weighted by Gasteiger charge is -2.14. The summed E-state index contributed by atoms with van der Waals surface area (Å²) in [4.78, 5) is 7.98. The van der Waals surface area contributed by atoms with Gasteiger partial charge in [0.05, 0.1) is 13.7 Å². The van der Waals surface area contributed by atoms with Gasteiger partial charge in [0.25, 0.3) is 5.88 Å². The summed E-state index contributed by atoms with van der Waals surface area (Å²) in [6, 6.07) is 0. The van der Waals surface area contributed by atoms with Crippen LogP contribution in [-0.2, 0) is 0 Å². The maximum Gasteiger partial charge on any atom is 0.262 e. The van der Waals surface area contributed by atoms with Gasteiger partial charge in [-0.3, -0.25) is 0 Å². The highest BCUT2D eigenvalue weighted by Gasteiger charge is 2.13. The molecule has 17 heavy (non-hydrogen) atoms. The average molecular weight is 240 g/mol. The first-order valence-corrected chi connectivity index (χ1v) is 5.71. The van der Waals surface area contributed by atoms with E-state index in [2.05, 4.69) is 29.2 Å². The fourth-order valence-electron chi connectivity index (χ4n) is 1.54. The van der Waals surface area contributed by atoms with E-state index < -0.39 is 0 Å². The molecular formula is C11H20N4O2. The van der Waals surface area contributed by atoms with Gasteiger partial charge in [0, 0.05) is 0 Å². The van der Waals surface area contributed by atoms with Gasteiger partial charge in [-0.1, -0.05) is 20.3 Å². The van der Waals surface area contributed by atoms with Gasteiger partial charge < -0.3 is 14.9 Å². The molecule has 0 fully saturated rings. The van der Waals surface area contributed by atoms with Crippen LogP contribution in [0.25, 0.3) is 0 Å². The van der Waals surface area contributed by atoms with Crippen molar-refractivity contribution in [2.24, 2.45) is 11.8 Å². The summed E-state index contributed by atoms with van der Waals surface area (Å²) < 4.78 is 10.8. The fourth-order valence-corrected chi connectivity index (χ4v) is 1.54. The van der Waals surface area contributed by atoms with E-state index in [-0.39, 0.29) is 0 Å². The smallest absolute Gasteiger partial charge is 0.262 e. The molecule has 0 aliphatic rings. The number of methoxy groups -OCH3 is 1. The Morgan fingerprint density at radius 3 is 2.82 bits per heavy atom. The molecule has 0 amide bonds. The van der Waals surface area contributed by atoms with Crippen LogP contribution in [0.5, 0.6) is 11.6 Å². The van der Waals surface area contributed by atoms with Gasteiger partial charge in [-0.2, -0.15) is 4.98 Å². The number of hydrogen-bond acceptors (Lipinski definition) is 6. The van der Waals surface area contributed by atoms with Gasteiger partial charge in [-0.15, -0.1) is 0 Å². The summed E-state index contributed by atoms with van der Waals surface area (Å²) >= 11 is 0. The minimum absolute atomic E-state index is 0.415. The molecule has 6 heteroatoms. The summed E-state index contributed by atoms with van der Waals surface area (Å²) in [5.41, 5.74) is 2.44. The molecule has 1 unspecified atom stereocenters. The second-order valence-corrected chi connectivity index (χ2v) is 3.91. The van der Waals surface area contributed by atoms with Crippen molar-refractivity contribution in [3.05, 3.63) is 6.33 Å². The largest absolute Gasteiger partial charge is 0.489 e. The van der Waals surface area contributed by atoms with Gasteiger partial charge in [-0.05, 0) is 12.3 Å². The average Bonchev–Trinajstić information content (AvgIpc) is 2.36. The van der Waals surface area contributed by atoms with E-state index in [9.17, 15) is 0 Å². The molecule has 6 nitrogen and oxygen atoms in total. The molecular weight excluding hydrogens is 220 g/mol. The molecule has 0 bridgehead atoms. The van der Waals surface area contributed by atoms with Crippen LogP contribution in [0.3, 0.4) is 0 Å². The third-order valence-electron chi connectivity index (χ3n) is 2.40. The highest BCUT2D eigenvalue weighted by Crippen LogP contribution is 2.30. The molecule has 0 aromatic carbocycles. The zero-order valence-corrected chi connectivity index (χ0v) is 10.6. The standard InChI is InChI=1S/C11H20N4O2/c1-4-5-8(2)6-17-11-9(16-3)10(15-12)13-7-14-11/h7-8H,4-6,12H2,1-3H3,(H,13,14,15). The number of nitrogens with zero attached hydrogens (tertiary/aromatic N) is 2. The van der Waals surface area contributed by atoms with E-state index in [1.165, 1.54) is 13.4 Å². The van der Waals surface area contributed by atoms with Crippen molar-refractivity contribution in [1.29, 1.82) is 0 Å². The number of ether oxygens (including phenoxy) is 2. The SMILES string of the molecule is CCCC(C)COc1ncnc(NN)c1OC. The van der Waals surface area contributed by atoms with Crippen molar-refractivity contribution in [3.63, 3.8) is 0 Å². The van der Waals surface area contributed by atoms with Crippen molar-refractivity contribution in [1.82, 2.24) is 9.97 Å². The number of hydrogen-bond donors (Lipinski definition) is 2. The van der Waals surface area contributed by atoms with Crippen LogP contribution < -0.4 is 20.7 Å². The highest BCUT2D eigenvalue weighted by molar-refractivity contribution is 5.54. The predicted octanol–water partition coefficient (Wildman–Crippen LogP) is 1.59. The maximum atomic E-state index is 5.61. The Balaban J connectivity index is 2.70. The molecule has 0 saturated heterocycles. The van der Waals surface area contributed by atoms with Crippen molar-refractivity contribution in [2.75, 3.05) is 19.1 Å². The minimum atomic E-state index is 0.415.